The van der Waals surface area contributed by atoms with Crippen LogP contribution in [0.2, 0.25) is 0 Å². The van der Waals surface area contributed by atoms with Gasteiger partial charge in [-0.25, -0.2) is 4.79 Å². The van der Waals surface area contributed by atoms with E-state index >= 15 is 0 Å². The SMILES string of the molecule is C=C(Cl)CNC(=O)NC1CCCCC1C(=O)O. The summed E-state index contributed by atoms with van der Waals surface area (Å²) >= 11 is 5.51. The summed E-state index contributed by atoms with van der Waals surface area (Å²) in [6.45, 7) is 3.62. The number of nitrogens with one attached hydrogen (secondary N) is 2. The zero-order chi connectivity index (χ0) is 12.8. The second kappa shape index (κ2) is 6.49. The summed E-state index contributed by atoms with van der Waals surface area (Å²) in [7, 11) is 0. The van der Waals surface area contributed by atoms with E-state index < -0.39 is 17.9 Å². The Morgan fingerprint density at radius 1 is 1.35 bits per heavy atom. The summed E-state index contributed by atoms with van der Waals surface area (Å²) in [5, 5.41) is 14.6. The van der Waals surface area contributed by atoms with Crippen molar-refractivity contribution in [1.82, 2.24) is 10.6 Å². The first kappa shape index (κ1) is 13.8. The average molecular weight is 261 g/mol. The molecule has 1 saturated carbocycles. The Bertz CT molecular complexity index is 320. The van der Waals surface area contributed by atoms with Crippen molar-refractivity contribution in [2.75, 3.05) is 6.54 Å². The number of rotatable bonds is 4. The number of carboxylic acids is 1. The molecule has 0 aromatic carbocycles. The first-order valence-electron chi connectivity index (χ1n) is 5.61. The Morgan fingerprint density at radius 2 is 2.00 bits per heavy atom. The van der Waals surface area contributed by atoms with Crippen LogP contribution in [0.4, 0.5) is 4.79 Å². The van der Waals surface area contributed by atoms with Crippen molar-refractivity contribution in [3.05, 3.63) is 11.6 Å². The number of urea groups is 1. The van der Waals surface area contributed by atoms with Crippen LogP contribution >= 0.6 is 11.6 Å². The number of hydrogen-bond donors (Lipinski definition) is 3. The molecule has 0 heterocycles. The van der Waals surface area contributed by atoms with Crippen molar-refractivity contribution in [2.24, 2.45) is 5.92 Å². The summed E-state index contributed by atoms with van der Waals surface area (Å²) in [6, 6.07) is -0.699. The van der Waals surface area contributed by atoms with Gasteiger partial charge in [-0.15, -0.1) is 0 Å². The van der Waals surface area contributed by atoms with Gasteiger partial charge in [-0.2, -0.15) is 0 Å². The zero-order valence-electron chi connectivity index (χ0n) is 9.54. The van der Waals surface area contributed by atoms with E-state index in [1.807, 2.05) is 0 Å². The number of carbonyl (C=O) groups is 2. The van der Waals surface area contributed by atoms with Crippen LogP contribution in [0.1, 0.15) is 25.7 Å². The predicted molar refractivity (Wildman–Crippen MR) is 64.9 cm³/mol. The Labute approximate surface area is 105 Å². The fourth-order valence-corrected chi connectivity index (χ4v) is 2.06. The van der Waals surface area contributed by atoms with Crippen molar-refractivity contribution in [3.8, 4) is 0 Å². The lowest BCUT2D eigenvalue weighted by atomic mass is 9.84. The fraction of sp³-hybridized carbons (Fsp3) is 0.636. The molecule has 96 valence electrons. The van der Waals surface area contributed by atoms with E-state index in [0.717, 1.165) is 12.8 Å². The van der Waals surface area contributed by atoms with Crippen LogP contribution in [-0.4, -0.2) is 29.7 Å². The summed E-state index contributed by atoms with van der Waals surface area (Å²) in [5.41, 5.74) is 0. The highest BCUT2D eigenvalue weighted by Crippen LogP contribution is 2.24. The molecule has 0 aliphatic heterocycles. The monoisotopic (exact) mass is 260 g/mol. The standard InChI is InChI=1S/C11H17ClN2O3/c1-7(12)6-13-11(17)14-9-5-3-2-4-8(9)10(15)16/h8-9H,1-6H2,(H,15,16)(H2,13,14,17). The van der Waals surface area contributed by atoms with Gasteiger partial charge in [0.15, 0.2) is 0 Å². The van der Waals surface area contributed by atoms with Gasteiger partial charge < -0.3 is 15.7 Å². The minimum absolute atomic E-state index is 0.178. The summed E-state index contributed by atoms with van der Waals surface area (Å²) in [4.78, 5) is 22.5. The molecule has 1 rings (SSSR count). The first-order valence-corrected chi connectivity index (χ1v) is 5.99. The van der Waals surface area contributed by atoms with Gasteiger partial charge in [0.25, 0.3) is 0 Å². The van der Waals surface area contributed by atoms with Crippen molar-refractivity contribution in [2.45, 2.75) is 31.7 Å². The number of halogens is 1. The third kappa shape index (κ3) is 4.65. The molecule has 0 bridgehead atoms. The summed E-state index contributed by atoms with van der Waals surface area (Å²) < 4.78 is 0. The molecule has 6 heteroatoms. The second-order valence-electron chi connectivity index (χ2n) is 4.18. The number of carboxylic acid groups (broad SMARTS) is 1. The molecule has 3 N–H and O–H groups in total. The first-order chi connectivity index (χ1) is 8.00. The van der Waals surface area contributed by atoms with Gasteiger partial charge >= 0.3 is 12.0 Å². The quantitative estimate of drug-likeness (QED) is 0.720. The highest BCUT2D eigenvalue weighted by molar-refractivity contribution is 6.29. The van der Waals surface area contributed by atoms with Crippen LogP contribution in [0.3, 0.4) is 0 Å². The predicted octanol–water partition coefficient (Wildman–Crippen LogP) is 1.68. The van der Waals surface area contributed by atoms with Crippen LogP contribution in [0.5, 0.6) is 0 Å². The maximum Gasteiger partial charge on any atom is 0.315 e. The molecular weight excluding hydrogens is 244 g/mol. The molecule has 2 unspecified atom stereocenters. The zero-order valence-corrected chi connectivity index (χ0v) is 10.3. The van der Waals surface area contributed by atoms with E-state index in [0.29, 0.717) is 17.9 Å². The maximum absolute atomic E-state index is 11.5. The molecule has 0 aromatic heterocycles. The van der Waals surface area contributed by atoms with E-state index in [2.05, 4.69) is 17.2 Å². The molecule has 0 saturated heterocycles. The van der Waals surface area contributed by atoms with Crippen molar-refractivity contribution in [1.29, 1.82) is 0 Å². The summed E-state index contributed by atoms with van der Waals surface area (Å²) in [6.07, 6.45) is 3.15. The third-order valence-electron chi connectivity index (χ3n) is 2.84. The van der Waals surface area contributed by atoms with Crippen LogP contribution < -0.4 is 10.6 Å². The number of aliphatic carboxylic acids is 1. The molecule has 1 fully saturated rings. The number of carbonyl (C=O) groups excluding carboxylic acids is 1. The molecule has 2 atom stereocenters. The molecule has 1 aliphatic rings. The van der Waals surface area contributed by atoms with Gasteiger partial charge in [0.2, 0.25) is 0 Å². The van der Waals surface area contributed by atoms with Crippen LogP contribution in [0.15, 0.2) is 11.6 Å². The lowest BCUT2D eigenvalue weighted by molar-refractivity contribution is -0.143. The second-order valence-corrected chi connectivity index (χ2v) is 4.71. The van der Waals surface area contributed by atoms with Crippen LogP contribution in [-0.2, 0) is 4.79 Å². The van der Waals surface area contributed by atoms with Gasteiger partial charge in [0.1, 0.15) is 0 Å². The third-order valence-corrected chi connectivity index (χ3v) is 2.97. The molecule has 5 nitrogen and oxygen atoms in total. The van der Waals surface area contributed by atoms with Crippen LogP contribution in [0, 0.1) is 5.92 Å². The number of hydrogen-bond acceptors (Lipinski definition) is 2. The van der Waals surface area contributed by atoms with Gasteiger partial charge in [0, 0.05) is 11.1 Å². The van der Waals surface area contributed by atoms with E-state index in [1.54, 1.807) is 0 Å². The Balaban J connectivity index is 2.44. The molecular formula is C11H17ClN2O3. The lowest BCUT2D eigenvalue weighted by Gasteiger charge is -2.29. The average Bonchev–Trinajstić information content (AvgIpc) is 2.27. The normalized spacial score (nSPS) is 23.8. The minimum Gasteiger partial charge on any atom is -0.481 e. The van der Waals surface area contributed by atoms with E-state index in [1.165, 1.54) is 0 Å². The Hall–Kier alpha value is -1.23. The molecule has 0 spiro atoms. The smallest absolute Gasteiger partial charge is 0.315 e. The van der Waals surface area contributed by atoms with Crippen LogP contribution in [0.25, 0.3) is 0 Å². The van der Waals surface area contributed by atoms with E-state index in [9.17, 15) is 9.59 Å². The molecule has 0 aromatic rings. The lowest BCUT2D eigenvalue weighted by Crippen LogP contribution is -2.49. The van der Waals surface area contributed by atoms with E-state index in [4.69, 9.17) is 16.7 Å². The highest BCUT2D eigenvalue weighted by Gasteiger charge is 2.31. The number of amides is 2. The fourth-order valence-electron chi connectivity index (χ4n) is 1.99. The Morgan fingerprint density at radius 3 is 2.59 bits per heavy atom. The topological polar surface area (TPSA) is 78.4 Å². The van der Waals surface area contributed by atoms with E-state index in [-0.39, 0.29) is 12.6 Å². The summed E-state index contributed by atoms with van der Waals surface area (Å²) in [5.74, 6) is -1.34. The Kier molecular flexibility index (Phi) is 5.28. The van der Waals surface area contributed by atoms with Crippen molar-refractivity contribution >= 4 is 23.6 Å². The van der Waals surface area contributed by atoms with Gasteiger partial charge in [-0.3, -0.25) is 4.79 Å². The highest BCUT2D eigenvalue weighted by atomic mass is 35.5. The molecule has 1 aliphatic carbocycles. The van der Waals surface area contributed by atoms with Gasteiger partial charge in [-0.1, -0.05) is 31.0 Å². The minimum atomic E-state index is -0.850. The molecule has 2 amide bonds. The largest absolute Gasteiger partial charge is 0.481 e. The maximum atomic E-state index is 11.5. The van der Waals surface area contributed by atoms with Gasteiger partial charge in [0.05, 0.1) is 12.5 Å². The van der Waals surface area contributed by atoms with Crippen molar-refractivity contribution in [3.63, 3.8) is 0 Å². The van der Waals surface area contributed by atoms with Gasteiger partial charge in [-0.05, 0) is 12.8 Å². The van der Waals surface area contributed by atoms with Crippen molar-refractivity contribution < 1.29 is 14.7 Å². The molecule has 0 radical (unpaired) electrons. The molecule has 17 heavy (non-hydrogen) atoms.